The molecule has 1 aromatic heterocycles. The zero-order valence-electron chi connectivity index (χ0n) is 10.9. The van der Waals surface area contributed by atoms with Crippen LogP contribution in [0.3, 0.4) is 0 Å². The number of hydrogen-bond donors (Lipinski definition) is 1. The van der Waals surface area contributed by atoms with Gasteiger partial charge in [-0.25, -0.2) is 12.7 Å². The Labute approximate surface area is 108 Å². The van der Waals surface area contributed by atoms with E-state index < -0.39 is 10.0 Å². The van der Waals surface area contributed by atoms with Gasteiger partial charge in [-0.15, -0.1) is 11.3 Å². The van der Waals surface area contributed by atoms with Gasteiger partial charge in [0.05, 0.1) is 0 Å². The van der Waals surface area contributed by atoms with E-state index in [1.54, 1.807) is 20.2 Å². The van der Waals surface area contributed by atoms with Crippen LogP contribution in [0.1, 0.15) is 24.3 Å². The molecule has 1 N–H and O–H groups in total. The lowest BCUT2D eigenvalue weighted by atomic mass is 10.3. The molecule has 0 amide bonds. The topological polar surface area (TPSA) is 49.4 Å². The maximum atomic E-state index is 12.0. The molecule has 0 aliphatic carbocycles. The second kappa shape index (κ2) is 5.48. The lowest BCUT2D eigenvalue weighted by molar-refractivity contribution is 0.523. The second-order valence-electron chi connectivity index (χ2n) is 4.49. The van der Waals surface area contributed by atoms with Crippen molar-refractivity contribution in [1.82, 2.24) is 9.62 Å². The van der Waals surface area contributed by atoms with Crippen molar-refractivity contribution < 1.29 is 8.42 Å². The Morgan fingerprint density at radius 1 is 1.41 bits per heavy atom. The zero-order chi connectivity index (χ0) is 13.2. The Kier molecular flexibility index (Phi) is 4.71. The maximum Gasteiger partial charge on any atom is 0.252 e. The summed E-state index contributed by atoms with van der Waals surface area (Å²) in [5.41, 5.74) is 1.03. The standard InChI is InChI=1S/C11H20N2O2S2/c1-8(2)12-7-10-9(3)6-11(16-10)17(14,15)13(4)5/h6,8,12H,7H2,1-5H3. The van der Waals surface area contributed by atoms with Crippen LogP contribution < -0.4 is 5.32 Å². The van der Waals surface area contributed by atoms with Crippen molar-refractivity contribution >= 4 is 21.4 Å². The Morgan fingerprint density at radius 3 is 2.47 bits per heavy atom. The lowest BCUT2D eigenvalue weighted by Gasteiger charge is -2.08. The quantitative estimate of drug-likeness (QED) is 0.892. The number of nitrogens with one attached hydrogen (secondary N) is 1. The van der Waals surface area contributed by atoms with Gasteiger partial charge in [-0.2, -0.15) is 0 Å². The Bertz CT molecular complexity index is 476. The number of aryl methyl sites for hydroxylation is 1. The lowest BCUT2D eigenvalue weighted by Crippen LogP contribution is -2.21. The molecule has 98 valence electrons. The van der Waals surface area contributed by atoms with Crippen molar-refractivity contribution in [3.63, 3.8) is 0 Å². The number of sulfonamides is 1. The first kappa shape index (κ1) is 14.6. The molecule has 0 aromatic carbocycles. The smallest absolute Gasteiger partial charge is 0.252 e. The van der Waals surface area contributed by atoms with E-state index in [0.717, 1.165) is 17.0 Å². The van der Waals surface area contributed by atoms with Crippen molar-refractivity contribution in [2.75, 3.05) is 14.1 Å². The van der Waals surface area contributed by atoms with Gasteiger partial charge in [-0.3, -0.25) is 0 Å². The minimum absolute atomic E-state index is 0.394. The summed E-state index contributed by atoms with van der Waals surface area (Å²) >= 11 is 1.34. The summed E-state index contributed by atoms with van der Waals surface area (Å²) < 4.78 is 25.6. The van der Waals surface area contributed by atoms with Gasteiger partial charge < -0.3 is 5.32 Å². The molecule has 0 aliphatic heterocycles. The molecule has 0 atom stereocenters. The average molecular weight is 276 g/mol. The van der Waals surface area contributed by atoms with Crippen LogP contribution in [0, 0.1) is 6.92 Å². The van der Waals surface area contributed by atoms with Crippen LogP contribution in [0.25, 0.3) is 0 Å². The van der Waals surface area contributed by atoms with Gasteiger partial charge in [0.25, 0.3) is 10.0 Å². The molecule has 0 fully saturated rings. The highest BCUT2D eigenvalue weighted by molar-refractivity contribution is 7.91. The molecule has 0 aliphatic rings. The summed E-state index contributed by atoms with van der Waals surface area (Å²) in [7, 11) is -0.189. The van der Waals surface area contributed by atoms with E-state index in [1.807, 2.05) is 6.92 Å². The van der Waals surface area contributed by atoms with E-state index in [1.165, 1.54) is 15.6 Å². The highest BCUT2D eigenvalue weighted by Gasteiger charge is 2.21. The molecular weight excluding hydrogens is 256 g/mol. The van der Waals surface area contributed by atoms with Gasteiger partial charge in [0.15, 0.2) is 0 Å². The van der Waals surface area contributed by atoms with Crippen LogP contribution in [0.15, 0.2) is 10.3 Å². The first-order valence-electron chi connectivity index (χ1n) is 5.50. The van der Waals surface area contributed by atoms with Crippen LogP contribution >= 0.6 is 11.3 Å². The van der Waals surface area contributed by atoms with Crippen molar-refractivity contribution in [2.24, 2.45) is 0 Å². The summed E-state index contributed by atoms with van der Waals surface area (Å²) in [5, 5.41) is 3.30. The maximum absolute atomic E-state index is 12.0. The molecule has 0 saturated carbocycles. The van der Waals surface area contributed by atoms with Gasteiger partial charge in [0.2, 0.25) is 0 Å². The summed E-state index contributed by atoms with van der Waals surface area (Å²) in [6.45, 7) is 6.81. The molecule has 17 heavy (non-hydrogen) atoms. The summed E-state index contributed by atoms with van der Waals surface area (Å²) in [6.07, 6.45) is 0. The molecule has 6 heteroatoms. The minimum atomic E-state index is -3.29. The number of thiophene rings is 1. The second-order valence-corrected chi connectivity index (χ2v) is 8.01. The van der Waals surface area contributed by atoms with Gasteiger partial charge in [-0.1, -0.05) is 13.8 Å². The fraction of sp³-hybridized carbons (Fsp3) is 0.636. The Balaban J connectivity index is 2.96. The molecule has 0 spiro atoms. The van der Waals surface area contributed by atoms with Crippen LogP contribution in [0.5, 0.6) is 0 Å². The van der Waals surface area contributed by atoms with E-state index in [4.69, 9.17) is 0 Å². The summed E-state index contributed by atoms with van der Waals surface area (Å²) in [4.78, 5) is 1.08. The highest BCUT2D eigenvalue weighted by atomic mass is 32.2. The molecule has 0 radical (unpaired) electrons. The number of nitrogens with zero attached hydrogens (tertiary/aromatic N) is 1. The van der Waals surface area contributed by atoms with E-state index >= 15 is 0 Å². The van der Waals surface area contributed by atoms with Crippen molar-refractivity contribution in [2.45, 2.75) is 37.6 Å². The monoisotopic (exact) mass is 276 g/mol. The molecule has 4 nitrogen and oxygen atoms in total. The van der Waals surface area contributed by atoms with Crippen LogP contribution in [-0.4, -0.2) is 32.9 Å². The minimum Gasteiger partial charge on any atom is -0.310 e. The van der Waals surface area contributed by atoms with Crippen molar-refractivity contribution in [3.05, 3.63) is 16.5 Å². The van der Waals surface area contributed by atoms with Crippen molar-refractivity contribution in [3.8, 4) is 0 Å². The van der Waals surface area contributed by atoms with E-state index in [2.05, 4.69) is 19.2 Å². The summed E-state index contributed by atoms with van der Waals surface area (Å²) in [5.74, 6) is 0. The number of hydrogen-bond acceptors (Lipinski definition) is 4. The Hall–Kier alpha value is -0.430. The molecule has 1 rings (SSSR count). The fourth-order valence-corrected chi connectivity index (χ4v) is 3.98. The fourth-order valence-electron chi connectivity index (χ4n) is 1.27. The zero-order valence-corrected chi connectivity index (χ0v) is 12.6. The predicted octanol–water partition coefficient (Wildman–Crippen LogP) is 1.80. The predicted molar refractivity (Wildman–Crippen MR) is 71.9 cm³/mol. The van der Waals surface area contributed by atoms with Crippen LogP contribution in [0.4, 0.5) is 0 Å². The largest absolute Gasteiger partial charge is 0.310 e. The highest BCUT2D eigenvalue weighted by Crippen LogP contribution is 2.27. The SMILES string of the molecule is Cc1cc(S(=O)(=O)N(C)C)sc1CNC(C)C. The molecule has 0 unspecified atom stereocenters. The van der Waals surface area contributed by atoms with E-state index in [0.29, 0.717) is 10.3 Å². The summed E-state index contributed by atoms with van der Waals surface area (Å²) in [6, 6.07) is 2.14. The Morgan fingerprint density at radius 2 is 2.00 bits per heavy atom. The van der Waals surface area contributed by atoms with Gasteiger partial charge in [0, 0.05) is 31.6 Å². The third-order valence-corrected chi connectivity index (χ3v) is 5.91. The molecule has 1 aromatic rings. The number of rotatable bonds is 5. The van der Waals surface area contributed by atoms with E-state index in [9.17, 15) is 8.42 Å². The molecule has 0 saturated heterocycles. The van der Waals surface area contributed by atoms with Gasteiger partial charge >= 0.3 is 0 Å². The molecule has 0 bridgehead atoms. The van der Waals surface area contributed by atoms with Crippen LogP contribution in [-0.2, 0) is 16.6 Å². The molecular formula is C11H20N2O2S2. The molecule has 1 heterocycles. The van der Waals surface area contributed by atoms with E-state index in [-0.39, 0.29) is 0 Å². The third kappa shape index (κ3) is 3.51. The van der Waals surface area contributed by atoms with Crippen LogP contribution in [0.2, 0.25) is 0 Å². The van der Waals surface area contributed by atoms with Crippen molar-refractivity contribution in [1.29, 1.82) is 0 Å². The average Bonchev–Trinajstić information content (AvgIpc) is 2.57. The first-order valence-corrected chi connectivity index (χ1v) is 7.76. The van der Waals surface area contributed by atoms with Gasteiger partial charge in [-0.05, 0) is 18.6 Å². The normalized spacial score (nSPS) is 12.6. The van der Waals surface area contributed by atoms with Gasteiger partial charge in [0.1, 0.15) is 4.21 Å². The first-order chi connectivity index (χ1) is 7.75. The third-order valence-electron chi connectivity index (χ3n) is 2.40.